The summed E-state index contributed by atoms with van der Waals surface area (Å²) in [4.78, 5) is 13.7. The minimum atomic E-state index is -0.198. The summed E-state index contributed by atoms with van der Waals surface area (Å²) in [6.45, 7) is 0.624. The Morgan fingerprint density at radius 2 is 1.88 bits per heavy atom. The van der Waals surface area contributed by atoms with Crippen molar-refractivity contribution in [3.8, 4) is 23.3 Å². The molecule has 2 aromatic rings. The Balaban J connectivity index is 1.80. The van der Waals surface area contributed by atoms with Crippen LogP contribution in [0.2, 0.25) is 5.02 Å². The van der Waals surface area contributed by atoms with Gasteiger partial charge in [0.15, 0.2) is 18.1 Å². The predicted molar refractivity (Wildman–Crippen MR) is 97.8 cm³/mol. The number of nitrogens with zero attached hydrogens (tertiary/aromatic N) is 2. The molecular formula is C19H19ClN2O4. The Bertz CT molecular complexity index is 787. The molecule has 0 unspecified atom stereocenters. The molecule has 2 aromatic carbocycles. The second kappa shape index (κ2) is 9.54. The molecule has 7 heteroatoms. The first-order valence-corrected chi connectivity index (χ1v) is 8.24. The van der Waals surface area contributed by atoms with Gasteiger partial charge < -0.3 is 19.1 Å². The van der Waals surface area contributed by atoms with Gasteiger partial charge in [0, 0.05) is 18.1 Å². The summed E-state index contributed by atoms with van der Waals surface area (Å²) in [6.07, 6.45) is 0. The Morgan fingerprint density at radius 1 is 1.15 bits per heavy atom. The third-order valence-electron chi connectivity index (χ3n) is 3.58. The maximum absolute atomic E-state index is 12.2. The lowest BCUT2D eigenvalue weighted by molar-refractivity contribution is -0.132. The van der Waals surface area contributed by atoms with Crippen molar-refractivity contribution in [3.63, 3.8) is 0 Å². The summed E-state index contributed by atoms with van der Waals surface area (Å²) >= 11 is 5.81. The molecule has 0 heterocycles. The molecule has 0 saturated carbocycles. The number of benzene rings is 2. The van der Waals surface area contributed by atoms with Gasteiger partial charge in [0.05, 0.1) is 25.3 Å². The second-order valence-electron chi connectivity index (χ2n) is 5.38. The van der Waals surface area contributed by atoms with Gasteiger partial charge in [-0.25, -0.2) is 0 Å². The van der Waals surface area contributed by atoms with Crippen LogP contribution >= 0.6 is 11.6 Å². The maximum Gasteiger partial charge on any atom is 0.260 e. The largest absolute Gasteiger partial charge is 0.493 e. The molecule has 1 amide bonds. The van der Waals surface area contributed by atoms with Crippen molar-refractivity contribution < 1.29 is 19.0 Å². The lowest BCUT2D eigenvalue weighted by Gasteiger charge is -2.18. The van der Waals surface area contributed by atoms with Gasteiger partial charge in [-0.3, -0.25) is 4.79 Å². The molecule has 0 bridgehead atoms. The lowest BCUT2D eigenvalue weighted by Crippen LogP contribution is -2.34. The monoisotopic (exact) mass is 374 g/mol. The van der Waals surface area contributed by atoms with Crippen LogP contribution < -0.4 is 14.2 Å². The third-order valence-corrected chi connectivity index (χ3v) is 3.83. The van der Waals surface area contributed by atoms with Gasteiger partial charge in [-0.15, -0.1) is 0 Å². The van der Waals surface area contributed by atoms with E-state index in [4.69, 9.17) is 31.1 Å². The third kappa shape index (κ3) is 5.57. The number of likely N-dealkylation sites (N-methyl/N-ethyl adjacent to an activating group) is 1. The molecule has 0 atom stereocenters. The molecule has 0 N–H and O–H groups in total. The van der Waals surface area contributed by atoms with Gasteiger partial charge in [-0.2, -0.15) is 5.26 Å². The van der Waals surface area contributed by atoms with E-state index in [1.165, 1.54) is 12.0 Å². The highest BCUT2D eigenvalue weighted by Crippen LogP contribution is 2.27. The summed E-state index contributed by atoms with van der Waals surface area (Å²) < 4.78 is 16.2. The van der Waals surface area contributed by atoms with Crippen LogP contribution in [0.25, 0.3) is 0 Å². The van der Waals surface area contributed by atoms with Crippen molar-refractivity contribution in [1.29, 1.82) is 5.26 Å². The topological polar surface area (TPSA) is 71.8 Å². The molecule has 0 saturated heterocycles. The number of ether oxygens (including phenoxy) is 3. The average Bonchev–Trinajstić information content (AvgIpc) is 2.67. The van der Waals surface area contributed by atoms with E-state index in [1.54, 1.807) is 49.5 Å². The summed E-state index contributed by atoms with van der Waals surface area (Å²) in [6, 6.07) is 13.8. The number of hydrogen-bond donors (Lipinski definition) is 0. The van der Waals surface area contributed by atoms with E-state index in [0.717, 1.165) is 0 Å². The predicted octanol–water partition coefficient (Wildman–Crippen LogP) is 3.14. The van der Waals surface area contributed by atoms with E-state index >= 15 is 0 Å². The van der Waals surface area contributed by atoms with Gasteiger partial charge in [-0.1, -0.05) is 11.6 Å². The number of carbonyl (C=O) groups excluding carboxylic acids is 1. The minimum Gasteiger partial charge on any atom is -0.493 e. The zero-order valence-corrected chi connectivity index (χ0v) is 15.3. The molecule has 0 radical (unpaired) electrons. The van der Waals surface area contributed by atoms with Gasteiger partial charge in [0.1, 0.15) is 12.4 Å². The summed E-state index contributed by atoms with van der Waals surface area (Å²) in [5, 5.41) is 9.53. The van der Waals surface area contributed by atoms with Crippen molar-refractivity contribution in [2.24, 2.45) is 0 Å². The highest BCUT2D eigenvalue weighted by molar-refractivity contribution is 6.30. The van der Waals surface area contributed by atoms with E-state index in [9.17, 15) is 4.79 Å². The number of amides is 1. The fourth-order valence-electron chi connectivity index (χ4n) is 2.06. The first-order chi connectivity index (χ1) is 12.5. The molecular weight excluding hydrogens is 356 g/mol. The molecule has 26 heavy (non-hydrogen) atoms. The van der Waals surface area contributed by atoms with E-state index < -0.39 is 0 Å². The molecule has 0 spiro atoms. The number of halogens is 1. The Labute approximate surface area is 157 Å². The molecule has 0 fully saturated rings. The van der Waals surface area contributed by atoms with E-state index in [-0.39, 0.29) is 12.5 Å². The van der Waals surface area contributed by atoms with Crippen LogP contribution in [0.15, 0.2) is 42.5 Å². The standard InChI is InChI=1S/C19H19ClN2O4/c1-22(9-10-25-16-6-4-15(20)5-7-16)19(23)13-26-17-8-3-14(12-21)11-18(17)24-2/h3-8,11H,9-10,13H2,1-2H3. The first kappa shape index (κ1) is 19.4. The van der Waals surface area contributed by atoms with E-state index in [2.05, 4.69) is 0 Å². The van der Waals surface area contributed by atoms with Crippen molar-refractivity contribution >= 4 is 17.5 Å². The van der Waals surface area contributed by atoms with Gasteiger partial charge >= 0.3 is 0 Å². The van der Waals surface area contributed by atoms with Gasteiger partial charge in [0.25, 0.3) is 5.91 Å². The zero-order valence-electron chi connectivity index (χ0n) is 14.6. The summed E-state index contributed by atoms with van der Waals surface area (Å²) in [5.74, 6) is 1.31. The van der Waals surface area contributed by atoms with Crippen LogP contribution in [0.3, 0.4) is 0 Å². The Kier molecular flexibility index (Phi) is 7.12. The van der Waals surface area contributed by atoms with E-state index in [0.29, 0.717) is 41.0 Å². The highest BCUT2D eigenvalue weighted by Gasteiger charge is 2.12. The van der Waals surface area contributed by atoms with Crippen LogP contribution in [-0.2, 0) is 4.79 Å². The lowest BCUT2D eigenvalue weighted by atomic mass is 10.2. The minimum absolute atomic E-state index is 0.139. The van der Waals surface area contributed by atoms with Gasteiger partial charge in [0.2, 0.25) is 0 Å². The molecule has 2 rings (SSSR count). The number of carbonyl (C=O) groups is 1. The fraction of sp³-hybridized carbons (Fsp3) is 0.263. The highest BCUT2D eigenvalue weighted by atomic mass is 35.5. The number of hydrogen-bond acceptors (Lipinski definition) is 5. The van der Waals surface area contributed by atoms with Crippen molar-refractivity contribution in [2.45, 2.75) is 0 Å². The average molecular weight is 375 g/mol. The molecule has 0 aliphatic heterocycles. The van der Waals surface area contributed by atoms with Crippen molar-refractivity contribution in [3.05, 3.63) is 53.1 Å². The molecule has 0 aromatic heterocycles. The SMILES string of the molecule is COc1cc(C#N)ccc1OCC(=O)N(C)CCOc1ccc(Cl)cc1. The molecule has 136 valence electrons. The molecule has 6 nitrogen and oxygen atoms in total. The van der Waals surface area contributed by atoms with Gasteiger partial charge in [-0.05, 0) is 36.4 Å². The molecule has 0 aliphatic carbocycles. The van der Waals surface area contributed by atoms with E-state index in [1.807, 2.05) is 6.07 Å². The summed E-state index contributed by atoms with van der Waals surface area (Å²) in [7, 11) is 3.15. The first-order valence-electron chi connectivity index (χ1n) is 7.86. The normalized spacial score (nSPS) is 9.92. The number of nitriles is 1. The zero-order chi connectivity index (χ0) is 18.9. The van der Waals surface area contributed by atoms with Crippen LogP contribution in [-0.4, -0.2) is 44.7 Å². The quantitative estimate of drug-likeness (QED) is 0.709. The van der Waals surface area contributed by atoms with Crippen LogP contribution in [0, 0.1) is 11.3 Å². The number of rotatable bonds is 8. The smallest absolute Gasteiger partial charge is 0.260 e. The van der Waals surface area contributed by atoms with Crippen LogP contribution in [0.5, 0.6) is 17.2 Å². The number of methoxy groups -OCH3 is 1. The van der Waals surface area contributed by atoms with Crippen molar-refractivity contribution in [2.75, 3.05) is 33.9 Å². The summed E-state index contributed by atoms with van der Waals surface area (Å²) in [5.41, 5.74) is 0.456. The van der Waals surface area contributed by atoms with Crippen LogP contribution in [0.1, 0.15) is 5.56 Å². The Morgan fingerprint density at radius 3 is 2.54 bits per heavy atom. The maximum atomic E-state index is 12.2. The molecule has 0 aliphatic rings. The Hall–Kier alpha value is -2.91. The van der Waals surface area contributed by atoms with Crippen LogP contribution in [0.4, 0.5) is 0 Å². The second-order valence-corrected chi connectivity index (χ2v) is 5.82. The van der Waals surface area contributed by atoms with Crippen molar-refractivity contribution in [1.82, 2.24) is 4.90 Å². The fourth-order valence-corrected chi connectivity index (χ4v) is 2.19.